The van der Waals surface area contributed by atoms with Crippen LogP contribution in [-0.4, -0.2) is 17.9 Å². The number of hydrogen-bond acceptors (Lipinski definition) is 2. The van der Waals surface area contributed by atoms with Gasteiger partial charge in [0.2, 0.25) is 5.91 Å². The lowest BCUT2D eigenvalue weighted by molar-refractivity contribution is -0.120. The van der Waals surface area contributed by atoms with Crippen molar-refractivity contribution in [1.29, 1.82) is 0 Å². The van der Waals surface area contributed by atoms with Gasteiger partial charge in [-0.05, 0) is 50.5 Å². The maximum Gasteiger partial charge on any atom is 0.251 e. The van der Waals surface area contributed by atoms with E-state index in [-0.39, 0.29) is 23.8 Å². The molecule has 1 atom stereocenters. The zero-order valence-electron chi connectivity index (χ0n) is 13.5. The molecule has 0 aliphatic heterocycles. The van der Waals surface area contributed by atoms with E-state index >= 15 is 0 Å². The minimum absolute atomic E-state index is 0.0699. The molecule has 0 radical (unpaired) electrons. The lowest BCUT2D eigenvalue weighted by Crippen LogP contribution is -2.31. The topological polar surface area (TPSA) is 58.2 Å². The third-order valence-corrected chi connectivity index (χ3v) is 4.38. The summed E-state index contributed by atoms with van der Waals surface area (Å²) in [4.78, 5) is 24.2. The Kier molecular flexibility index (Phi) is 5.99. The second-order valence-corrected chi connectivity index (χ2v) is 6.18. The summed E-state index contributed by atoms with van der Waals surface area (Å²) in [7, 11) is 0. The van der Waals surface area contributed by atoms with Gasteiger partial charge in [-0.25, -0.2) is 0 Å². The molecule has 120 valence electrons. The molecule has 4 nitrogen and oxygen atoms in total. The smallest absolute Gasteiger partial charge is 0.251 e. The van der Waals surface area contributed by atoms with Gasteiger partial charge < -0.3 is 10.6 Å². The van der Waals surface area contributed by atoms with E-state index in [1.54, 1.807) is 24.3 Å². The fourth-order valence-electron chi connectivity index (χ4n) is 2.72. The first-order chi connectivity index (χ1) is 10.6. The summed E-state index contributed by atoms with van der Waals surface area (Å²) in [5.74, 6) is 0.179. The van der Waals surface area contributed by atoms with Gasteiger partial charge in [0.25, 0.3) is 5.91 Å². The Morgan fingerprint density at radius 2 is 1.77 bits per heavy atom. The lowest BCUT2D eigenvalue weighted by Gasteiger charge is -2.20. The SMILES string of the molecule is CC[C@H](C)NC(=O)c1ccc(NC(=O)C2CCCCC2)cc1. The van der Waals surface area contributed by atoms with E-state index in [1.807, 2.05) is 13.8 Å². The van der Waals surface area contributed by atoms with Crippen molar-refractivity contribution in [2.75, 3.05) is 5.32 Å². The fourth-order valence-corrected chi connectivity index (χ4v) is 2.72. The first-order valence-corrected chi connectivity index (χ1v) is 8.32. The molecule has 4 heteroatoms. The molecule has 2 rings (SSSR count). The monoisotopic (exact) mass is 302 g/mol. The third-order valence-electron chi connectivity index (χ3n) is 4.38. The zero-order valence-corrected chi connectivity index (χ0v) is 13.5. The third kappa shape index (κ3) is 4.58. The highest BCUT2D eigenvalue weighted by Gasteiger charge is 2.21. The van der Waals surface area contributed by atoms with Crippen LogP contribution in [0.1, 0.15) is 62.7 Å². The van der Waals surface area contributed by atoms with E-state index in [1.165, 1.54) is 6.42 Å². The van der Waals surface area contributed by atoms with Gasteiger partial charge in [-0.2, -0.15) is 0 Å². The molecule has 0 heterocycles. The molecule has 2 amide bonds. The van der Waals surface area contributed by atoms with E-state index < -0.39 is 0 Å². The highest BCUT2D eigenvalue weighted by atomic mass is 16.2. The van der Waals surface area contributed by atoms with Crippen LogP contribution in [0.3, 0.4) is 0 Å². The van der Waals surface area contributed by atoms with Crippen LogP contribution in [0.4, 0.5) is 5.69 Å². The number of anilines is 1. The molecule has 1 saturated carbocycles. The average Bonchev–Trinajstić information content (AvgIpc) is 2.56. The summed E-state index contributed by atoms with van der Waals surface area (Å²) < 4.78 is 0. The molecule has 0 saturated heterocycles. The molecule has 1 aliphatic rings. The van der Waals surface area contributed by atoms with E-state index in [4.69, 9.17) is 0 Å². The molecule has 0 bridgehead atoms. The van der Waals surface area contributed by atoms with Gasteiger partial charge in [-0.15, -0.1) is 0 Å². The van der Waals surface area contributed by atoms with Crippen molar-refractivity contribution in [1.82, 2.24) is 5.32 Å². The minimum atomic E-state index is -0.0699. The molecule has 0 aromatic heterocycles. The molecule has 1 aliphatic carbocycles. The first kappa shape index (κ1) is 16.5. The summed E-state index contributed by atoms with van der Waals surface area (Å²) in [6, 6.07) is 7.28. The summed E-state index contributed by atoms with van der Waals surface area (Å²) in [6.07, 6.45) is 6.41. The Hall–Kier alpha value is -1.84. The average molecular weight is 302 g/mol. The summed E-state index contributed by atoms with van der Waals surface area (Å²) in [5, 5.41) is 5.89. The summed E-state index contributed by atoms with van der Waals surface area (Å²) >= 11 is 0. The molecule has 1 aromatic rings. The Bertz CT molecular complexity index is 504. The molecule has 0 unspecified atom stereocenters. The molecule has 2 N–H and O–H groups in total. The summed E-state index contributed by atoms with van der Waals surface area (Å²) in [5.41, 5.74) is 1.38. The number of hydrogen-bond donors (Lipinski definition) is 2. The van der Waals surface area contributed by atoms with Crippen molar-refractivity contribution in [2.24, 2.45) is 5.92 Å². The molecular weight excluding hydrogens is 276 g/mol. The van der Waals surface area contributed by atoms with Gasteiger partial charge in [0, 0.05) is 23.2 Å². The molecule has 1 aromatic carbocycles. The maximum absolute atomic E-state index is 12.2. The highest BCUT2D eigenvalue weighted by Crippen LogP contribution is 2.25. The number of amides is 2. The van der Waals surface area contributed by atoms with Gasteiger partial charge in [-0.1, -0.05) is 26.2 Å². The van der Waals surface area contributed by atoms with Crippen LogP contribution in [0.5, 0.6) is 0 Å². The first-order valence-electron chi connectivity index (χ1n) is 8.32. The van der Waals surface area contributed by atoms with E-state index in [0.29, 0.717) is 5.56 Å². The van der Waals surface area contributed by atoms with Gasteiger partial charge in [0.05, 0.1) is 0 Å². The Morgan fingerprint density at radius 3 is 2.36 bits per heavy atom. The van der Waals surface area contributed by atoms with E-state index in [0.717, 1.165) is 37.8 Å². The maximum atomic E-state index is 12.2. The highest BCUT2D eigenvalue weighted by molar-refractivity contribution is 5.96. The van der Waals surface area contributed by atoms with Crippen LogP contribution >= 0.6 is 0 Å². The van der Waals surface area contributed by atoms with Gasteiger partial charge in [0.1, 0.15) is 0 Å². The Balaban J connectivity index is 1.91. The van der Waals surface area contributed by atoms with Crippen LogP contribution < -0.4 is 10.6 Å². The van der Waals surface area contributed by atoms with Crippen LogP contribution in [0.25, 0.3) is 0 Å². The number of nitrogens with one attached hydrogen (secondary N) is 2. The predicted octanol–water partition coefficient (Wildman–Crippen LogP) is 3.73. The van der Waals surface area contributed by atoms with Crippen LogP contribution in [-0.2, 0) is 4.79 Å². The van der Waals surface area contributed by atoms with Crippen LogP contribution in [0.2, 0.25) is 0 Å². The van der Waals surface area contributed by atoms with Crippen molar-refractivity contribution in [3.63, 3.8) is 0 Å². The number of rotatable bonds is 5. The van der Waals surface area contributed by atoms with Crippen LogP contribution in [0.15, 0.2) is 24.3 Å². The van der Waals surface area contributed by atoms with Crippen molar-refractivity contribution in [2.45, 2.75) is 58.4 Å². The number of carbonyl (C=O) groups is 2. The van der Waals surface area contributed by atoms with Crippen molar-refractivity contribution in [3.05, 3.63) is 29.8 Å². The van der Waals surface area contributed by atoms with Crippen molar-refractivity contribution < 1.29 is 9.59 Å². The molecule has 22 heavy (non-hydrogen) atoms. The normalized spacial score (nSPS) is 16.8. The number of benzene rings is 1. The molecule has 1 fully saturated rings. The molecular formula is C18H26N2O2. The van der Waals surface area contributed by atoms with Crippen molar-refractivity contribution >= 4 is 17.5 Å². The lowest BCUT2D eigenvalue weighted by atomic mass is 9.88. The van der Waals surface area contributed by atoms with E-state index in [9.17, 15) is 9.59 Å². The Labute approximate surface area is 132 Å². The number of carbonyl (C=O) groups excluding carboxylic acids is 2. The summed E-state index contributed by atoms with van der Waals surface area (Å²) in [6.45, 7) is 4.02. The van der Waals surface area contributed by atoms with E-state index in [2.05, 4.69) is 10.6 Å². The second kappa shape index (κ2) is 7.97. The largest absolute Gasteiger partial charge is 0.350 e. The van der Waals surface area contributed by atoms with Crippen LogP contribution in [0, 0.1) is 5.92 Å². The van der Waals surface area contributed by atoms with Crippen molar-refractivity contribution in [3.8, 4) is 0 Å². The predicted molar refractivity (Wildman–Crippen MR) is 88.9 cm³/mol. The fraction of sp³-hybridized carbons (Fsp3) is 0.556. The van der Waals surface area contributed by atoms with Gasteiger partial charge in [-0.3, -0.25) is 9.59 Å². The minimum Gasteiger partial charge on any atom is -0.350 e. The quantitative estimate of drug-likeness (QED) is 0.870. The zero-order chi connectivity index (χ0) is 15.9. The Morgan fingerprint density at radius 1 is 1.14 bits per heavy atom. The second-order valence-electron chi connectivity index (χ2n) is 6.18. The standard InChI is InChI=1S/C18H26N2O2/c1-3-13(2)19-17(21)15-9-11-16(12-10-15)20-18(22)14-7-5-4-6-8-14/h9-14H,3-8H2,1-2H3,(H,19,21)(H,20,22)/t13-/m0/s1. The van der Waals surface area contributed by atoms with Gasteiger partial charge in [0.15, 0.2) is 0 Å². The molecule has 0 spiro atoms. The van der Waals surface area contributed by atoms with Gasteiger partial charge >= 0.3 is 0 Å².